The lowest BCUT2D eigenvalue weighted by atomic mass is 10.2. The Hall–Kier alpha value is -1.06. The lowest BCUT2D eigenvalue weighted by Crippen LogP contribution is -2.48. The van der Waals surface area contributed by atoms with Crippen molar-refractivity contribution in [2.45, 2.75) is 0 Å². The number of carbonyl (C=O) groups excluding carboxylic acids is 1. The van der Waals surface area contributed by atoms with Gasteiger partial charge in [0.25, 0.3) is 5.91 Å². The molecule has 0 spiro atoms. The lowest BCUT2D eigenvalue weighted by Gasteiger charge is -2.33. The van der Waals surface area contributed by atoms with Crippen LogP contribution in [0.3, 0.4) is 0 Å². The summed E-state index contributed by atoms with van der Waals surface area (Å²) in [6.07, 6.45) is 5.29. The van der Waals surface area contributed by atoms with Gasteiger partial charge in [0.05, 0.1) is 6.54 Å². The third-order valence-corrected chi connectivity index (χ3v) is 3.78. The molecule has 0 aromatic heterocycles. The van der Waals surface area contributed by atoms with Gasteiger partial charge in [-0.15, -0.1) is 6.42 Å². The van der Waals surface area contributed by atoms with Crippen LogP contribution in [-0.4, -0.2) is 48.4 Å². The molecule has 0 atom stereocenters. The highest BCUT2D eigenvalue weighted by Crippen LogP contribution is 2.11. The molecule has 0 saturated carbocycles. The number of hydrogen-bond donors (Lipinski definition) is 0. The molecule has 1 aliphatic heterocycles. The second kappa shape index (κ2) is 6.21. The van der Waals surface area contributed by atoms with Crippen LogP contribution in [-0.2, 0) is 0 Å². The molecule has 2 rings (SSSR count). The first kappa shape index (κ1) is 13.4. The largest absolute Gasteiger partial charge is 0.336 e. The van der Waals surface area contributed by atoms with E-state index in [2.05, 4.69) is 33.4 Å². The maximum atomic E-state index is 12.2. The number of halogens is 1. The van der Waals surface area contributed by atoms with Crippen LogP contribution in [0.4, 0.5) is 0 Å². The van der Waals surface area contributed by atoms with Crippen molar-refractivity contribution in [3.8, 4) is 12.3 Å². The SMILES string of the molecule is C#CCN1CCN(C(=O)c2ccc(I)cc2)CC1. The summed E-state index contributed by atoms with van der Waals surface area (Å²) in [6.45, 7) is 3.91. The smallest absolute Gasteiger partial charge is 0.253 e. The van der Waals surface area contributed by atoms with Crippen molar-refractivity contribution in [1.29, 1.82) is 0 Å². The van der Waals surface area contributed by atoms with Crippen molar-refractivity contribution in [1.82, 2.24) is 9.80 Å². The fourth-order valence-corrected chi connectivity index (χ4v) is 2.37. The van der Waals surface area contributed by atoms with Gasteiger partial charge in [-0.1, -0.05) is 5.92 Å². The number of terminal acetylenes is 1. The van der Waals surface area contributed by atoms with E-state index in [4.69, 9.17) is 6.42 Å². The van der Waals surface area contributed by atoms with E-state index >= 15 is 0 Å². The van der Waals surface area contributed by atoms with Gasteiger partial charge in [-0.25, -0.2) is 0 Å². The van der Waals surface area contributed by atoms with E-state index in [1.165, 1.54) is 0 Å². The molecule has 0 N–H and O–H groups in total. The van der Waals surface area contributed by atoms with E-state index in [9.17, 15) is 4.79 Å². The van der Waals surface area contributed by atoms with E-state index < -0.39 is 0 Å². The third-order valence-electron chi connectivity index (χ3n) is 3.07. The summed E-state index contributed by atoms with van der Waals surface area (Å²) in [4.78, 5) is 16.3. The Balaban J connectivity index is 1.95. The van der Waals surface area contributed by atoms with Crippen molar-refractivity contribution in [3.05, 3.63) is 33.4 Å². The zero-order chi connectivity index (χ0) is 13.0. The quantitative estimate of drug-likeness (QED) is 0.596. The van der Waals surface area contributed by atoms with E-state index in [0.29, 0.717) is 6.54 Å². The van der Waals surface area contributed by atoms with Crippen LogP contribution < -0.4 is 0 Å². The Morgan fingerprint density at radius 1 is 1.22 bits per heavy atom. The predicted molar refractivity (Wildman–Crippen MR) is 80.3 cm³/mol. The molecular formula is C14H15IN2O. The number of piperazine rings is 1. The average Bonchev–Trinajstić information content (AvgIpc) is 2.40. The molecule has 1 aromatic carbocycles. The molecular weight excluding hydrogens is 339 g/mol. The van der Waals surface area contributed by atoms with Crippen LogP contribution >= 0.6 is 22.6 Å². The summed E-state index contributed by atoms with van der Waals surface area (Å²) in [5.41, 5.74) is 0.765. The van der Waals surface area contributed by atoms with Crippen LogP contribution in [0.25, 0.3) is 0 Å². The van der Waals surface area contributed by atoms with Crippen LogP contribution in [0.5, 0.6) is 0 Å². The fraction of sp³-hybridized carbons (Fsp3) is 0.357. The maximum Gasteiger partial charge on any atom is 0.253 e. The minimum Gasteiger partial charge on any atom is -0.336 e. The Kier molecular flexibility index (Phi) is 4.61. The Labute approximate surface area is 121 Å². The van der Waals surface area contributed by atoms with Crippen LogP contribution in [0, 0.1) is 15.9 Å². The molecule has 0 aliphatic carbocycles. The number of benzene rings is 1. The topological polar surface area (TPSA) is 23.6 Å². The Morgan fingerprint density at radius 3 is 2.39 bits per heavy atom. The van der Waals surface area contributed by atoms with Crippen molar-refractivity contribution in [3.63, 3.8) is 0 Å². The van der Waals surface area contributed by atoms with E-state index in [0.717, 1.165) is 35.3 Å². The number of amides is 1. The predicted octanol–water partition coefficient (Wildman–Crippen LogP) is 1.68. The molecule has 1 amide bonds. The standard InChI is InChI=1S/C14H15IN2O/c1-2-7-16-8-10-17(11-9-16)14(18)12-3-5-13(15)6-4-12/h1,3-6H,7-11H2. The lowest BCUT2D eigenvalue weighted by molar-refractivity contribution is 0.0652. The van der Waals surface area contributed by atoms with Gasteiger partial charge >= 0.3 is 0 Å². The van der Waals surface area contributed by atoms with Crippen LogP contribution in [0.2, 0.25) is 0 Å². The molecule has 94 valence electrons. The second-order valence-corrected chi connectivity index (χ2v) is 5.52. The van der Waals surface area contributed by atoms with Gasteiger partial charge < -0.3 is 4.90 Å². The molecule has 1 heterocycles. The first-order chi connectivity index (χ1) is 8.70. The maximum absolute atomic E-state index is 12.2. The fourth-order valence-electron chi connectivity index (χ4n) is 2.01. The van der Waals surface area contributed by atoms with Crippen LogP contribution in [0.15, 0.2) is 24.3 Å². The molecule has 18 heavy (non-hydrogen) atoms. The normalized spacial score (nSPS) is 16.3. The summed E-state index contributed by atoms with van der Waals surface area (Å²) in [5, 5.41) is 0. The summed E-state index contributed by atoms with van der Waals surface area (Å²) in [7, 11) is 0. The average molecular weight is 354 g/mol. The van der Waals surface area contributed by atoms with Crippen molar-refractivity contribution >= 4 is 28.5 Å². The van der Waals surface area contributed by atoms with Gasteiger partial charge in [0.15, 0.2) is 0 Å². The zero-order valence-electron chi connectivity index (χ0n) is 10.1. The minimum atomic E-state index is 0.117. The first-order valence-corrected chi connectivity index (χ1v) is 6.99. The summed E-state index contributed by atoms with van der Waals surface area (Å²) in [5.74, 6) is 2.76. The zero-order valence-corrected chi connectivity index (χ0v) is 12.3. The highest BCUT2D eigenvalue weighted by molar-refractivity contribution is 14.1. The summed E-state index contributed by atoms with van der Waals surface area (Å²) < 4.78 is 1.14. The van der Waals surface area contributed by atoms with E-state index in [-0.39, 0.29) is 5.91 Å². The third kappa shape index (κ3) is 3.24. The Bertz CT molecular complexity index is 456. The van der Waals surface area contributed by atoms with Gasteiger partial charge in [-0.3, -0.25) is 9.69 Å². The molecule has 1 fully saturated rings. The molecule has 1 aromatic rings. The molecule has 1 aliphatic rings. The van der Waals surface area contributed by atoms with Crippen LogP contribution in [0.1, 0.15) is 10.4 Å². The van der Waals surface area contributed by atoms with Gasteiger partial charge in [0.2, 0.25) is 0 Å². The number of rotatable bonds is 2. The van der Waals surface area contributed by atoms with Crippen molar-refractivity contribution < 1.29 is 4.79 Å². The highest BCUT2D eigenvalue weighted by atomic mass is 127. The highest BCUT2D eigenvalue weighted by Gasteiger charge is 2.21. The van der Waals surface area contributed by atoms with Crippen molar-refractivity contribution in [2.75, 3.05) is 32.7 Å². The first-order valence-electron chi connectivity index (χ1n) is 5.91. The number of carbonyl (C=O) groups is 1. The van der Waals surface area contributed by atoms with Gasteiger partial charge in [0.1, 0.15) is 0 Å². The number of nitrogens with zero attached hydrogens (tertiary/aromatic N) is 2. The summed E-state index contributed by atoms with van der Waals surface area (Å²) >= 11 is 2.24. The number of hydrogen-bond acceptors (Lipinski definition) is 2. The molecule has 1 saturated heterocycles. The van der Waals surface area contributed by atoms with E-state index in [1.54, 1.807) is 0 Å². The molecule has 3 nitrogen and oxygen atoms in total. The summed E-state index contributed by atoms with van der Waals surface area (Å²) in [6, 6.07) is 7.70. The van der Waals surface area contributed by atoms with E-state index in [1.807, 2.05) is 29.2 Å². The molecule has 0 bridgehead atoms. The molecule has 0 unspecified atom stereocenters. The second-order valence-electron chi connectivity index (χ2n) is 4.28. The molecule has 4 heteroatoms. The molecule has 0 radical (unpaired) electrons. The van der Waals surface area contributed by atoms with Gasteiger partial charge in [-0.2, -0.15) is 0 Å². The van der Waals surface area contributed by atoms with Gasteiger partial charge in [0, 0.05) is 35.3 Å². The monoisotopic (exact) mass is 354 g/mol. The van der Waals surface area contributed by atoms with Crippen molar-refractivity contribution in [2.24, 2.45) is 0 Å². The minimum absolute atomic E-state index is 0.117. The van der Waals surface area contributed by atoms with Gasteiger partial charge in [-0.05, 0) is 46.9 Å². The Morgan fingerprint density at radius 2 is 1.83 bits per heavy atom.